The zero-order valence-corrected chi connectivity index (χ0v) is 31.0. The molecule has 3 heteroatoms. The Hall–Kier alpha value is -7.62. The Morgan fingerprint density at radius 2 is 0.737 bits per heavy atom. The van der Waals surface area contributed by atoms with Gasteiger partial charge in [0.15, 0.2) is 0 Å². The van der Waals surface area contributed by atoms with Gasteiger partial charge in [0.1, 0.15) is 0 Å². The van der Waals surface area contributed by atoms with Gasteiger partial charge in [0, 0.05) is 54.9 Å². The molecule has 0 saturated heterocycles. The molecule has 0 bridgehead atoms. The number of fused-ring (bicyclic) bond motifs is 10. The van der Waals surface area contributed by atoms with Crippen LogP contribution in [-0.4, -0.2) is 13.7 Å². The highest BCUT2D eigenvalue weighted by atomic mass is 15.0. The quantitative estimate of drug-likeness (QED) is 0.168. The molecule has 0 atom stereocenters. The SMILES string of the molecule is c1ccc(-c2ccc(-n3c4ccccc4c4ccc5c(c6ccccc6n5-c5cccc(-c6cccc7c8ccccc8n(-c8ccccc8)c67)c5)c43)cc2)cc1. The molecule has 0 radical (unpaired) electrons. The molecule has 9 aromatic carbocycles. The maximum atomic E-state index is 2.47. The minimum Gasteiger partial charge on any atom is -0.309 e. The van der Waals surface area contributed by atoms with Gasteiger partial charge in [-0.2, -0.15) is 0 Å². The van der Waals surface area contributed by atoms with Crippen LogP contribution in [0.25, 0.3) is 105 Å². The number of nitrogens with zero attached hydrogens (tertiary/aromatic N) is 3. The highest BCUT2D eigenvalue weighted by molar-refractivity contribution is 6.26. The van der Waals surface area contributed by atoms with Crippen LogP contribution >= 0.6 is 0 Å². The van der Waals surface area contributed by atoms with E-state index in [9.17, 15) is 0 Å². The van der Waals surface area contributed by atoms with Gasteiger partial charge in [-0.3, -0.25) is 0 Å². The molecule has 0 aliphatic heterocycles. The average Bonchev–Trinajstić information content (AvgIpc) is 3.93. The molecule has 0 spiro atoms. The van der Waals surface area contributed by atoms with Crippen molar-refractivity contribution < 1.29 is 0 Å². The summed E-state index contributed by atoms with van der Waals surface area (Å²) in [5.74, 6) is 0. The molecule has 0 fully saturated rings. The van der Waals surface area contributed by atoms with Crippen LogP contribution in [-0.2, 0) is 0 Å². The van der Waals surface area contributed by atoms with Gasteiger partial charge in [-0.15, -0.1) is 0 Å². The first-order valence-electron chi connectivity index (χ1n) is 19.6. The van der Waals surface area contributed by atoms with Gasteiger partial charge >= 0.3 is 0 Å². The van der Waals surface area contributed by atoms with E-state index in [0.717, 1.165) is 17.1 Å². The molecule has 0 amide bonds. The van der Waals surface area contributed by atoms with Crippen molar-refractivity contribution in [3.05, 3.63) is 212 Å². The van der Waals surface area contributed by atoms with Gasteiger partial charge in [-0.25, -0.2) is 0 Å². The number of para-hydroxylation sites is 5. The predicted octanol–water partition coefficient (Wildman–Crippen LogP) is 14.3. The number of benzene rings is 9. The van der Waals surface area contributed by atoms with Crippen LogP contribution in [0.5, 0.6) is 0 Å². The van der Waals surface area contributed by atoms with Crippen molar-refractivity contribution in [2.75, 3.05) is 0 Å². The van der Waals surface area contributed by atoms with Gasteiger partial charge in [-0.05, 0) is 77.4 Å². The van der Waals surface area contributed by atoms with Crippen LogP contribution in [0.3, 0.4) is 0 Å². The third-order valence-corrected chi connectivity index (χ3v) is 11.8. The van der Waals surface area contributed by atoms with E-state index in [1.54, 1.807) is 0 Å². The summed E-state index contributed by atoms with van der Waals surface area (Å²) < 4.78 is 7.36. The van der Waals surface area contributed by atoms with Gasteiger partial charge in [0.05, 0.1) is 33.1 Å². The average molecular weight is 726 g/mol. The number of rotatable bonds is 5. The fraction of sp³-hybridized carbons (Fsp3) is 0. The lowest BCUT2D eigenvalue weighted by Gasteiger charge is -2.14. The summed E-state index contributed by atoms with van der Waals surface area (Å²) in [6.07, 6.45) is 0. The Kier molecular flexibility index (Phi) is 6.93. The molecular formula is C54H35N3. The largest absolute Gasteiger partial charge is 0.309 e. The second-order valence-corrected chi connectivity index (χ2v) is 14.9. The zero-order chi connectivity index (χ0) is 37.5. The van der Waals surface area contributed by atoms with Gasteiger partial charge in [0.2, 0.25) is 0 Å². The minimum atomic E-state index is 1.13. The molecule has 57 heavy (non-hydrogen) atoms. The van der Waals surface area contributed by atoms with Crippen LogP contribution < -0.4 is 0 Å². The van der Waals surface area contributed by atoms with Crippen molar-refractivity contribution in [1.29, 1.82) is 0 Å². The molecule has 0 N–H and O–H groups in total. The Bertz CT molecular complexity index is 3490. The van der Waals surface area contributed by atoms with Crippen LogP contribution in [0.1, 0.15) is 0 Å². The van der Waals surface area contributed by atoms with Crippen LogP contribution in [0, 0.1) is 0 Å². The molecule has 266 valence electrons. The molecule has 3 heterocycles. The first-order valence-corrected chi connectivity index (χ1v) is 19.6. The van der Waals surface area contributed by atoms with Crippen LogP contribution in [0.15, 0.2) is 212 Å². The molecule has 0 aliphatic carbocycles. The number of aromatic nitrogens is 3. The van der Waals surface area contributed by atoms with Gasteiger partial charge in [0.25, 0.3) is 0 Å². The summed E-state index contributed by atoms with van der Waals surface area (Å²) in [5.41, 5.74) is 15.5. The maximum absolute atomic E-state index is 2.47. The van der Waals surface area contributed by atoms with Crippen molar-refractivity contribution in [3.63, 3.8) is 0 Å². The van der Waals surface area contributed by atoms with E-state index in [-0.39, 0.29) is 0 Å². The van der Waals surface area contributed by atoms with Crippen molar-refractivity contribution >= 4 is 65.4 Å². The molecule has 0 unspecified atom stereocenters. The highest BCUT2D eigenvalue weighted by Gasteiger charge is 2.22. The summed E-state index contributed by atoms with van der Waals surface area (Å²) in [4.78, 5) is 0. The first kappa shape index (κ1) is 31.7. The van der Waals surface area contributed by atoms with Crippen LogP contribution in [0.4, 0.5) is 0 Å². The minimum absolute atomic E-state index is 1.13. The van der Waals surface area contributed by atoms with E-state index in [2.05, 4.69) is 226 Å². The summed E-state index contributed by atoms with van der Waals surface area (Å²) in [6.45, 7) is 0. The molecule has 0 aliphatic rings. The normalized spacial score (nSPS) is 11.9. The lowest BCUT2D eigenvalue weighted by Crippen LogP contribution is -1.97. The van der Waals surface area contributed by atoms with E-state index in [1.807, 2.05) is 0 Å². The highest BCUT2D eigenvalue weighted by Crippen LogP contribution is 2.43. The smallest absolute Gasteiger partial charge is 0.0641 e. The predicted molar refractivity (Wildman–Crippen MR) is 240 cm³/mol. The third-order valence-electron chi connectivity index (χ3n) is 11.8. The van der Waals surface area contributed by atoms with Crippen molar-refractivity contribution in [2.45, 2.75) is 0 Å². The maximum Gasteiger partial charge on any atom is 0.0641 e. The van der Waals surface area contributed by atoms with Crippen molar-refractivity contribution in [3.8, 4) is 39.3 Å². The van der Waals surface area contributed by atoms with Gasteiger partial charge in [-0.1, -0.05) is 152 Å². The molecule has 0 saturated carbocycles. The van der Waals surface area contributed by atoms with Crippen molar-refractivity contribution in [1.82, 2.24) is 13.7 Å². The Morgan fingerprint density at radius 1 is 0.246 bits per heavy atom. The molecule has 12 aromatic rings. The molecular weight excluding hydrogens is 691 g/mol. The summed E-state index contributed by atoms with van der Waals surface area (Å²) >= 11 is 0. The Balaban J connectivity index is 1.11. The Morgan fingerprint density at radius 3 is 1.46 bits per heavy atom. The third kappa shape index (κ3) is 4.73. The van der Waals surface area contributed by atoms with E-state index < -0.39 is 0 Å². The zero-order valence-electron chi connectivity index (χ0n) is 31.0. The topological polar surface area (TPSA) is 14.8 Å². The Labute approximate surface area is 329 Å². The second kappa shape index (κ2) is 12.5. The molecule has 3 aromatic heterocycles. The lowest BCUT2D eigenvalue weighted by atomic mass is 10.0. The summed E-state index contributed by atoms with van der Waals surface area (Å²) in [6, 6.07) is 77.3. The second-order valence-electron chi connectivity index (χ2n) is 14.9. The standard InChI is InChI=1S/C54H35N3/c1-3-15-36(16-4-1)37-29-31-40(32-30-37)57-49-27-11-8-22-44(49)46-33-34-51-52(54(46)57)47-23-9-12-28-50(47)55(51)41-20-13-17-38(35-41)42-24-14-25-45-43-21-7-10-26-48(43)56(53(42)45)39-18-5-2-6-19-39/h1-35H. The number of hydrogen-bond acceptors (Lipinski definition) is 0. The van der Waals surface area contributed by atoms with Crippen LogP contribution in [0.2, 0.25) is 0 Å². The van der Waals surface area contributed by atoms with Crippen molar-refractivity contribution in [2.24, 2.45) is 0 Å². The van der Waals surface area contributed by atoms with Gasteiger partial charge < -0.3 is 13.7 Å². The van der Waals surface area contributed by atoms with E-state index in [4.69, 9.17) is 0 Å². The molecule has 3 nitrogen and oxygen atoms in total. The fourth-order valence-electron chi connectivity index (χ4n) is 9.40. The van der Waals surface area contributed by atoms with E-state index in [0.29, 0.717) is 0 Å². The van der Waals surface area contributed by atoms with E-state index in [1.165, 1.54) is 87.7 Å². The number of hydrogen-bond donors (Lipinski definition) is 0. The van der Waals surface area contributed by atoms with E-state index >= 15 is 0 Å². The summed E-state index contributed by atoms with van der Waals surface area (Å²) in [5, 5.41) is 7.50. The molecule has 12 rings (SSSR count). The fourth-order valence-corrected chi connectivity index (χ4v) is 9.40. The summed E-state index contributed by atoms with van der Waals surface area (Å²) in [7, 11) is 0. The monoisotopic (exact) mass is 725 g/mol. The first-order chi connectivity index (χ1) is 28.3. The lowest BCUT2D eigenvalue weighted by molar-refractivity contribution is 1.17.